The quantitative estimate of drug-likeness (QED) is 0.623. The van der Waals surface area contributed by atoms with Gasteiger partial charge in [0.2, 0.25) is 0 Å². The molecular weight excluding hydrogens is 318 g/mol. The molecule has 3 nitrogen and oxygen atoms in total. The summed E-state index contributed by atoms with van der Waals surface area (Å²) < 4.78 is 2.00. The number of hydrogen-bond donors (Lipinski definition) is 0. The average Bonchev–Trinajstić information content (AvgIpc) is 3.24. The number of fused-ring (bicyclic) bond motifs is 5. The normalized spacial score (nSPS) is 16.6. The molecule has 26 heavy (non-hydrogen) atoms. The summed E-state index contributed by atoms with van der Waals surface area (Å²) in [6, 6.07) is 13.0. The first kappa shape index (κ1) is 15.6. The molecule has 2 aliphatic rings. The zero-order valence-electron chi connectivity index (χ0n) is 15.1. The highest BCUT2D eigenvalue weighted by molar-refractivity contribution is 5.76. The topological polar surface area (TPSA) is 41.1 Å². The van der Waals surface area contributed by atoms with E-state index >= 15 is 0 Å². The maximum Gasteiger partial charge on any atom is 0.146 e. The molecule has 0 radical (unpaired) electrons. The molecule has 130 valence electrons. The van der Waals surface area contributed by atoms with Crippen molar-refractivity contribution >= 4 is 5.52 Å². The van der Waals surface area contributed by atoms with Gasteiger partial charge in [0.15, 0.2) is 0 Å². The second-order valence-electron chi connectivity index (χ2n) is 7.62. The standard InChI is InChI=1S/C23H23N3/c24-15-21-17-11-6-1-2-7-12-19(17)23-20-14-8-13-18(20)22(25-26(21)23)16-9-4-3-5-10-16/h3-5,9-10H,1-2,6-8,11-14H2. The molecule has 0 fully saturated rings. The zero-order valence-corrected chi connectivity index (χ0v) is 15.1. The summed E-state index contributed by atoms with van der Waals surface area (Å²) in [6.45, 7) is 0. The van der Waals surface area contributed by atoms with Gasteiger partial charge in [-0.3, -0.25) is 0 Å². The second kappa shape index (κ2) is 6.29. The molecule has 2 heterocycles. The highest BCUT2D eigenvalue weighted by Gasteiger charge is 2.28. The Balaban J connectivity index is 1.85. The van der Waals surface area contributed by atoms with Gasteiger partial charge in [0.1, 0.15) is 11.8 Å². The lowest BCUT2D eigenvalue weighted by atomic mass is 9.93. The van der Waals surface area contributed by atoms with E-state index in [2.05, 4.69) is 30.3 Å². The van der Waals surface area contributed by atoms with Crippen molar-refractivity contribution in [3.05, 3.63) is 58.3 Å². The molecule has 0 unspecified atom stereocenters. The largest absolute Gasteiger partial charge is 0.222 e. The minimum Gasteiger partial charge on any atom is -0.222 e. The molecular formula is C23H23N3. The van der Waals surface area contributed by atoms with Crippen LogP contribution in [0.1, 0.15) is 60.1 Å². The summed E-state index contributed by atoms with van der Waals surface area (Å²) in [7, 11) is 0. The van der Waals surface area contributed by atoms with Gasteiger partial charge in [-0.1, -0.05) is 43.2 Å². The Morgan fingerprint density at radius 3 is 2.19 bits per heavy atom. The van der Waals surface area contributed by atoms with Gasteiger partial charge in [-0.15, -0.1) is 0 Å². The Bertz CT molecular complexity index is 1020. The first-order valence-corrected chi connectivity index (χ1v) is 9.92. The summed E-state index contributed by atoms with van der Waals surface area (Å²) in [5, 5.41) is 15.0. The van der Waals surface area contributed by atoms with Gasteiger partial charge in [-0.25, -0.2) is 4.52 Å². The van der Waals surface area contributed by atoms with Crippen LogP contribution < -0.4 is 0 Å². The monoisotopic (exact) mass is 341 g/mol. The Kier molecular flexibility index (Phi) is 3.78. The summed E-state index contributed by atoms with van der Waals surface area (Å²) in [5.41, 5.74) is 9.86. The van der Waals surface area contributed by atoms with E-state index in [1.165, 1.54) is 59.9 Å². The number of aromatic nitrogens is 2. The summed E-state index contributed by atoms with van der Waals surface area (Å²) in [6.07, 6.45) is 10.5. The number of hydrogen-bond acceptors (Lipinski definition) is 2. The van der Waals surface area contributed by atoms with Crippen LogP contribution in [0.25, 0.3) is 16.8 Å². The van der Waals surface area contributed by atoms with Crippen molar-refractivity contribution in [3.8, 4) is 17.3 Å². The van der Waals surface area contributed by atoms with Crippen molar-refractivity contribution in [3.63, 3.8) is 0 Å². The van der Waals surface area contributed by atoms with Crippen LogP contribution in [0.15, 0.2) is 30.3 Å². The predicted octanol–water partition coefficient (Wildman–Crippen LogP) is 5.02. The Hall–Kier alpha value is -2.60. The molecule has 3 heteroatoms. The molecule has 3 aromatic rings. The summed E-state index contributed by atoms with van der Waals surface area (Å²) >= 11 is 0. The van der Waals surface area contributed by atoms with E-state index in [0.717, 1.165) is 42.6 Å². The van der Waals surface area contributed by atoms with E-state index in [1.807, 2.05) is 10.6 Å². The number of nitrogens with zero attached hydrogens (tertiary/aromatic N) is 3. The summed E-state index contributed by atoms with van der Waals surface area (Å²) in [4.78, 5) is 0. The molecule has 0 spiro atoms. The smallest absolute Gasteiger partial charge is 0.146 e. The highest BCUT2D eigenvalue weighted by atomic mass is 15.2. The Morgan fingerprint density at radius 1 is 0.769 bits per heavy atom. The molecule has 0 N–H and O–H groups in total. The predicted molar refractivity (Wildman–Crippen MR) is 103 cm³/mol. The van der Waals surface area contributed by atoms with E-state index in [1.54, 1.807) is 0 Å². The minimum atomic E-state index is 0.781. The van der Waals surface area contributed by atoms with Crippen molar-refractivity contribution in [2.45, 2.75) is 57.8 Å². The van der Waals surface area contributed by atoms with Crippen molar-refractivity contribution in [2.75, 3.05) is 0 Å². The van der Waals surface area contributed by atoms with Crippen LogP contribution in [0.4, 0.5) is 0 Å². The zero-order chi connectivity index (χ0) is 17.5. The maximum absolute atomic E-state index is 9.94. The van der Waals surface area contributed by atoms with Crippen LogP contribution in [0.2, 0.25) is 0 Å². The number of rotatable bonds is 1. The first-order chi connectivity index (χ1) is 12.9. The van der Waals surface area contributed by atoms with Crippen molar-refractivity contribution < 1.29 is 0 Å². The molecule has 1 aromatic carbocycles. The third-order valence-electron chi connectivity index (χ3n) is 6.11. The van der Waals surface area contributed by atoms with Crippen LogP contribution >= 0.6 is 0 Å². The molecule has 2 aromatic heterocycles. The lowest BCUT2D eigenvalue weighted by molar-refractivity contribution is 0.619. The fourth-order valence-corrected chi connectivity index (χ4v) is 4.93. The fraction of sp³-hybridized carbons (Fsp3) is 0.391. The van der Waals surface area contributed by atoms with Crippen LogP contribution in [0, 0.1) is 11.3 Å². The van der Waals surface area contributed by atoms with Gasteiger partial charge >= 0.3 is 0 Å². The molecule has 0 aliphatic heterocycles. The van der Waals surface area contributed by atoms with E-state index in [0.29, 0.717) is 0 Å². The van der Waals surface area contributed by atoms with Gasteiger partial charge in [0.05, 0.1) is 11.2 Å². The van der Waals surface area contributed by atoms with Crippen LogP contribution in [0.3, 0.4) is 0 Å². The number of nitriles is 1. The van der Waals surface area contributed by atoms with Crippen molar-refractivity contribution in [2.24, 2.45) is 0 Å². The SMILES string of the molecule is N#Cc1c2c(c3c4c(c(-c5ccccc5)nn13)CCC4)CCCCCC2. The molecule has 0 saturated heterocycles. The van der Waals surface area contributed by atoms with E-state index < -0.39 is 0 Å². The molecule has 0 saturated carbocycles. The third-order valence-corrected chi connectivity index (χ3v) is 6.11. The Labute approximate surface area is 154 Å². The molecule has 0 bridgehead atoms. The average molecular weight is 341 g/mol. The minimum absolute atomic E-state index is 0.781. The van der Waals surface area contributed by atoms with Crippen molar-refractivity contribution in [1.29, 1.82) is 5.26 Å². The Morgan fingerprint density at radius 2 is 1.42 bits per heavy atom. The molecule has 0 atom stereocenters. The fourth-order valence-electron chi connectivity index (χ4n) is 4.93. The molecule has 5 rings (SSSR count). The van der Waals surface area contributed by atoms with E-state index in [9.17, 15) is 5.26 Å². The van der Waals surface area contributed by atoms with E-state index in [4.69, 9.17) is 5.10 Å². The van der Waals surface area contributed by atoms with Crippen LogP contribution in [0.5, 0.6) is 0 Å². The lowest BCUT2D eigenvalue weighted by Crippen LogP contribution is -2.04. The van der Waals surface area contributed by atoms with Gasteiger partial charge in [0, 0.05) is 5.56 Å². The first-order valence-electron chi connectivity index (χ1n) is 9.92. The van der Waals surface area contributed by atoms with Gasteiger partial charge < -0.3 is 0 Å². The van der Waals surface area contributed by atoms with Crippen LogP contribution in [-0.2, 0) is 25.7 Å². The van der Waals surface area contributed by atoms with Crippen LogP contribution in [-0.4, -0.2) is 9.61 Å². The van der Waals surface area contributed by atoms with Gasteiger partial charge in [-0.05, 0) is 67.2 Å². The summed E-state index contributed by atoms with van der Waals surface area (Å²) in [5.74, 6) is 0. The third kappa shape index (κ3) is 2.29. The lowest BCUT2D eigenvalue weighted by Gasteiger charge is -2.13. The van der Waals surface area contributed by atoms with Gasteiger partial charge in [-0.2, -0.15) is 10.4 Å². The highest BCUT2D eigenvalue weighted by Crippen LogP contribution is 2.38. The number of aryl methyl sites for hydroxylation is 2. The van der Waals surface area contributed by atoms with E-state index in [-0.39, 0.29) is 0 Å². The van der Waals surface area contributed by atoms with Crippen molar-refractivity contribution in [1.82, 2.24) is 9.61 Å². The molecule has 0 amide bonds. The number of benzene rings is 1. The molecule has 2 aliphatic carbocycles. The van der Waals surface area contributed by atoms with Gasteiger partial charge in [0.25, 0.3) is 0 Å². The second-order valence-corrected chi connectivity index (χ2v) is 7.62. The maximum atomic E-state index is 9.94.